The number of pyridine rings is 1. The quantitative estimate of drug-likeness (QED) is 0.485. The predicted octanol–water partition coefficient (Wildman–Crippen LogP) is 5.80. The molecule has 0 bridgehead atoms. The molecule has 4 heterocycles. The number of nitrogens with zero attached hydrogens (tertiary/aromatic N) is 4. The second-order valence-corrected chi connectivity index (χ2v) is 13.0. The van der Waals surface area contributed by atoms with Crippen molar-refractivity contribution in [2.24, 2.45) is 5.41 Å². The van der Waals surface area contributed by atoms with E-state index in [-0.39, 0.29) is 23.0 Å². The second kappa shape index (κ2) is 8.71. The summed E-state index contributed by atoms with van der Waals surface area (Å²) in [5.41, 5.74) is 2.71. The van der Waals surface area contributed by atoms with Gasteiger partial charge in [0.15, 0.2) is 11.3 Å². The number of anilines is 1. The Morgan fingerprint density at radius 1 is 1.11 bits per heavy atom. The van der Waals surface area contributed by atoms with Gasteiger partial charge in [0.2, 0.25) is 0 Å². The Bertz CT molecular complexity index is 1320. The van der Waals surface area contributed by atoms with E-state index in [1.54, 1.807) is 42.0 Å². The van der Waals surface area contributed by atoms with Gasteiger partial charge in [0.05, 0.1) is 6.20 Å². The molecule has 5 rings (SSSR count). The lowest BCUT2D eigenvalue weighted by Crippen LogP contribution is -2.64. The van der Waals surface area contributed by atoms with Crippen LogP contribution in [0.5, 0.6) is 0 Å². The zero-order valence-electron chi connectivity index (χ0n) is 23.1. The monoisotopic (exact) mass is 505 g/mol. The van der Waals surface area contributed by atoms with Gasteiger partial charge in [-0.2, -0.15) is 5.10 Å². The van der Waals surface area contributed by atoms with Crippen LogP contribution >= 0.6 is 0 Å². The number of amides is 2. The van der Waals surface area contributed by atoms with E-state index in [0.717, 1.165) is 29.6 Å². The number of fused-ring (bicyclic) bond motifs is 1. The van der Waals surface area contributed by atoms with Gasteiger partial charge < -0.3 is 9.32 Å². The molecular formula is C29H39N5O3. The first-order chi connectivity index (χ1) is 17.3. The topological polar surface area (TPSA) is 95.3 Å². The molecule has 0 spiro atoms. The van der Waals surface area contributed by atoms with Gasteiger partial charge in [-0.1, -0.05) is 34.6 Å². The van der Waals surface area contributed by atoms with E-state index in [2.05, 4.69) is 50.9 Å². The number of nitrogens with one attached hydrogen (secondary N) is 1. The fraction of sp³-hybridized carbons (Fsp3) is 0.586. The standard InChI is InChI=1S/C29H39N5O3/c1-27(2,3)19-16-20(18-8-11-28(4,5)12-9-18)31-21-17-22(37-24(19)21)25(35)34-15-14-33(23-10-13-30-32-23)26(36)29(34,6)7/h10,13,16-18H,8-9,11-12,14-15H2,1-7H3,(H,30,32). The van der Waals surface area contributed by atoms with Crippen LogP contribution in [0.2, 0.25) is 0 Å². The van der Waals surface area contributed by atoms with Crippen LogP contribution in [0.15, 0.2) is 28.8 Å². The lowest BCUT2D eigenvalue weighted by Gasteiger charge is -2.44. The fourth-order valence-electron chi connectivity index (χ4n) is 5.75. The normalized spacial score (nSPS) is 20.6. The van der Waals surface area contributed by atoms with Crippen LogP contribution in [0.4, 0.5) is 5.82 Å². The highest BCUT2D eigenvalue weighted by atomic mass is 16.3. The number of hydrogen-bond donors (Lipinski definition) is 1. The average molecular weight is 506 g/mol. The molecule has 37 heavy (non-hydrogen) atoms. The number of piperazine rings is 1. The van der Waals surface area contributed by atoms with E-state index >= 15 is 0 Å². The first-order valence-electron chi connectivity index (χ1n) is 13.4. The van der Waals surface area contributed by atoms with Crippen molar-refractivity contribution < 1.29 is 14.0 Å². The summed E-state index contributed by atoms with van der Waals surface area (Å²) in [6.07, 6.45) is 6.23. The van der Waals surface area contributed by atoms with E-state index < -0.39 is 5.54 Å². The molecule has 1 N–H and O–H groups in total. The first kappa shape index (κ1) is 25.5. The van der Waals surface area contributed by atoms with Crippen molar-refractivity contribution in [2.75, 3.05) is 18.0 Å². The van der Waals surface area contributed by atoms with E-state index in [1.807, 2.05) is 0 Å². The lowest BCUT2D eigenvalue weighted by molar-refractivity contribution is -0.129. The third-order valence-electron chi connectivity index (χ3n) is 8.29. The number of H-pyrrole nitrogens is 1. The van der Waals surface area contributed by atoms with E-state index in [0.29, 0.717) is 35.8 Å². The largest absolute Gasteiger partial charge is 0.449 e. The minimum absolute atomic E-state index is 0.163. The minimum Gasteiger partial charge on any atom is -0.449 e. The minimum atomic E-state index is -1.04. The van der Waals surface area contributed by atoms with E-state index in [9.17, 15) is 9.59 Å². The number of carbonyl (C=O) groups is 2. The van der Waals surface area contributed by atoms with Gasteiger partial charge in [-0.25, -0.2) is 4.98 Å². The summed E-state index contributed by atoms with van der Waals surface area (Å²) >= 11 is 0. The van der Waals surface area contributed by atoms with Gasteiger partial charge in [-0.15, -0.1) is 0 Å². The highest BCUT2D eigenvalue weighted by Crippen LogP contribution is 2.43. The Morgan fingerprint density at radius 2 is 1.81 bits per heavy atom. The maximum absolute atomic E-state index is 13.8. The molecule has 0 unspecified atom stereocenters. The number of aromatic nitrogens is 3. The molecule has 1 saturated carbocycles. The molecule has 8 heteroatoms. The van der Waals surface area contributed by atoms with Gasteiger partial charge in [0, 0.05) is 42.4 Å². The predicted molar refractivity (Wildman–Crippen MR) is 144 cm³/mol. The number of carbonyl (C=O) groups excluding carboxylic acids is 2. The molecule has 1 aliphatic heterocycles. The maximum Gasteiger partial charge on any atom is 0.290 e. The molecule has 0 atom stereocenters. The molecule has 3 aromatic heterocycles. The van der Waals surface area contributed by atoms with Crippen molar-refractivity contribution in [1.29, 1.82) is 0 Å². The Hall–Kier alpha value is -3.16. The van der Waals surface area contributed by atoms with Crippen molar-refractivity contribution in [3.63, 3.8) is 0 Å². The summed E-state index contributed by atoms with van der Waals surface area (Å²) in [7, 11) is 0. The zero-order chi connectivity index (χ0) is 26.8. The number of aromatic amines is 1. The van der Waals surface area contributed by atoms with Crippen molar-refractivity contribution in [3.8, 4) is 0 Å². The Balaban J connectivity index is 1.48. The summed E-state index contributed by atoms with van der Waals surface area (Å²) in [4.78, 5) is 35.4. The van der Waals surface area contributed by atoms with Crippen LogP contribution in [0, 0.1) is 5.41 Å². The van der Waals surface area contributed by atoms with Gasteiger partial charge in [-0.3, -0.25) is 19.6 Å². The number of furan rings is 1. The molecule has 2 aliphatic rings. The second-order valence-electron chi connectivity index (χ2n) is 13.0. The molecule has 3 aromatic rings. The Kier molecular flexibility index (Phi) is 6.00. The smallest absolute Gasteiger partial charge is 0.290 e. The SMILES string of the molecule is CC1(C)CCC(c2cc(C(C)(C)C)c3oc(C(=O)N4CCN(c5ccn[nH]5)C(=O)C4(C)C)cc3n2)CC1. The van der Waals surface area contributed by atoms with Gasteiger partial charge in [0.1, 0.15) is 16.9 Å². The summed E-state index contributed by atoms with van der Waals surface area (Å²) in [5.74, 6) is 0.821. The number of hydrogen-bond acceptors (Lipinski definition) is 5. The molecule has 2 amide bonds. The van der Waals surface area contributed by atoms with Gasteiger partial charge >= 0.3 is 0 Å². The molecule has 198 valence electrons. The maximum atomic E-state index is 13.8. The first-order valence-corrected chi connectivity index (χ1v) is 13.4. The molecule has 1 aliphatic carbocycles. The van der Waals surface area contributed by atoms with Gasteiger partial charge in [-0.05, 0) is 56.4 Å². The van der Waals surface area contributed by atoms with Crippen molar-refractivity contribution in [1.82, 2.24) is 20.1 Å². The van der Waals surface area contributed by atoms with Gasteiger partial charge in [0.25, 0.3) is 11.8 Å². The van der Waals surface area contributed by atoms with Crippen LogP contribution in [-0.2, 0) is 10.2 Å². The molecule has 1 saturated heterocycles. The fourth-order valence-corrected chi connectivity index (χ4v) is 5.75. The van der Waals surface area contributed by atoms with Crippen molar-refractivity contribution in [2.45, 2.75) is 91.0 Å². The van der Waals surface area contributed by atoms with E-state index in [1.165, 1.54) is 12.8 Å². The van der Waals surface area contributed by atoms with Crippen molar-refractivity contribution >= 4 is 28.7 Å². The van der Waals surface area contributed by atoms with Crippen LogP contribution in [0.3, 0.4) is 0 Å². The average Bonchev–Trinajstić information content (AvgIpc) is 3.49. The van der Waals surface area contributed by atoms with Crippen LogP contribution in [0.1, 0.15) is 102 Å². The molecule has 0 radical (unpaired) electrons. The third-order valence-corrected chi connectivity index (χ3v) is 8.29. The Labute approximate surface area is 218 Å². The molecule has 0 aromatic carbocycles. The van der Waals surface area contributed by atoms with Crippen LogP contribution < -0.4 is 4.90 Å². The Morgan fingerprint density at radius 3 is 2.43 bits per heavy atom. The molecular weight excluding hydrogens is 466 g/mol. The summed E-state index contributed by atoms with van der Waals surface area (Å²) in [6.45, 7) is 15.5. The van der Waals surface area contributed by atoms with E-state index in [4.69, 9.17) is 9.40 Å². The highest BCUT2D eigenvalue weighted by molar-refractivity contribution is 6.05. The highest BCUT2D eigenvalue weighted by Gasteiger charge is 2.46. The lowest BCUT2D eigenvalue weighted by atomic mass is 9.72. The van der Waals surface area contributed by atoms with Crippen molar-refractivity contribution in [3.05, 3.63) is 41.4 Å². The molecule has 2 fully saturated rings. The van der Waals surface area contributed by atoms with Crippen LogP contribution in [-0.4, -0.2) is 50.5 Å². The summed E-state index contributed by atoms with van der Waals surface area (Å²) < 4.78 is 6.25. The third kappa shape index (κ3) is 4.55. The zero-order valence-corrected chi connectivity index (χ0v) is 23.1. The number of rotatable bonds is 3. The van der Waals surface area contributed by atoms with Crippen LogP contribution in [0.25, 0.3) is 11.1 Å². The summed E-state index contributed by atoms with van der Waals surface area (Å²) in [6, 6.07) is 5.72. The summed E-state index contributed by atoms with van der Waals surface area (Å²) in [5, 5.41) is 6.81. The molecule has 8 nitrogen and oxygen atoms in total.